The Balaban J connectivity index is 1.81. The number of oxime groups is 1. The molecule has 1 saturated heterocycles. The number of urea groups is 1. The fourth-order valence-electron chi connectivity index (χ4n) is 3.32. The summed E-state index contributed by atoms with van der Waals surface area (Å²) in [4.78, 5) is 56.6. The van der Waals surface area contributed by atoms with Gasteiger partial charge in [-0.3, -0.25) is 14.4 Å². The van der Waals surface area contributed by atoms with Crippen molar-refractivity contribution in [2.45, 2.75) is 45.3 Å². The van der Waals surface area contributed by atoms with Gasteiger partial charge < -0.3 is 36.2 Å². The predicted molar refractivity (Wildman–Crippen MR) is 138 cm³/mol. The van der Waals surface area contributed by atoms with Crippen molar-refractivity contribution in [1.82, 2.24) is 20.9 Å². The number of amidine groups is 1. The largest absolute Gasteiger partial charge is 0.460 e. The van der Waals surface area contributed by atoms with E-state index in [9.17, 15) is 19.2 Å². The second-order valence-electron chi connectivity index (χ2n) is 9.70. The SMILES string of the molecule is CN(C)CCNC(=O)ON=C(N)c1ccc(N2CC[C@H](NC(=O)NCCC(=O)OC(C)(C)C)C2=O)cc1. The molecule has 0 aromatic heterocycles. The van der Waals surface area contributed by atoms with E-state index in [1.807, 2.05) is 19.0 Å². The highest BCUT2D eigenvalue weighted by Crippen LogP contribution is 2.22. The van der Waals surface area contributed by atoms with Crippen LogP contribution in [0.25, 0.3) is 0 Å². The highest BCUT2D eigenvalue weighted by atomic mass is 16.7. The van der Waals surface area contributed by atoms with Crippen LogP contribution in [0.15, 0.2) is 29.4 Å². The third-order valence-corrected chi connectivity index (χ3v) is 5.08. The molecule has 0 unspecified atom stereocenters. The number of nitrogens with zero attached hydrogens (tertiary/aromatic N) is 3. The minimum Gasteiger partial charge on any atom is -0.460 e. The number of rotatable bonds is 10. The van der Waals surface area contributed by atoms with Crippen molar-refractivity contribution in [3.63, 3.8) is 0 Å². The number of hydrogen-bond acceptors (Lipinski definition) is 8. The molecule has 1 aliphatic heterocycles. The Morgan fingerprint density at radius 1 is 1.14 bits per heavy atom. The summed E-state index contributed by atoms with van der Waals surface area (Å²) in [6, 6.07) is 5.46. The average Bonchev–Trinajstić information content (AvgIpc) is 3.16. The first-order chi connectivity index (χ1) is 17.4. The van der Waals surface area contributed by atoms with Crippen LogP contribution in [0.5, 0.6) is 0 Å². The van der Waals surface area contributed by atoms with Gasteiger partial charge in [-0.05, 0) is 65.6 Å². The third kappa shape index (κ3) is 10.3. The van der Waals surface area contributed by atoms with Crippen LogP contribution >= 0.6 is 0 Å². The second kappa shape index (κ2) is 13.4. The fourth-order valence-corrected chi connectivity index (χ4v) is 3.32. The topological polar surface area (TPSA) is 168 Å². The van der Waals surface area contributed by atoms with Crippen molar-refractivity contribution < 1.29 is 28.8 Å². The van der Waals surface area contributed by atoms with Gasteiger partial charge in [0, 0.05) is 37.4 Å². The Morgan fingerprint density at radius 3 is 2.43 bits per heavy atom. The number of ether oxygens (including phenoxy) is 1. The lowest BCUT2D eigenvalue weighted by molar-refractivity contribution is -0.154. The van der Waals surface area contributed by atoms with Crippen LogP contribution in [0.1, 0.15) is 39.2 Å². The molecule has 1 aromatic rings. The minimum absolute atomic E-state index is 0.00431. The van der Waals surface area contributed by atoms with Crippen molar-refractivity contribution in [3.8, 4) is 0 Å². The van der Waals surface area contributed by atoms with Crippen LogP contribution in [0, 0.1) is 0 Å². The highest BCUT2D eigenvalue weighted by molar-refractivity contribution is 6.02. The van der Waals surface area contributed by atoms with Crippen LogP contribution in [0.2, 0.25) is 0 Å². The van der Waals surface area contributed by atoms with Crippen LogP contribution in [0.3, 0.4) is 0 Å². The van der Waals surface area contributed by atoms with E-state index in [0.717, 1.165) is 0 Å². The maximum absolute atomic E-state index is 12.8. The van der Waals surface area contributed by atoms with E-state index in [0.29, 0.717) is 37.3 Å². The Hall–Kier alpha value is -3.87. The lowest BCUT2D eigenvalue weighted by Crippen LogP contribution is -2.46. The van der Waals surface area contributed by atoms with Crippen LogP contribution in [0.4, 0.5) is 15.3 Å². The number of carbonyl (C=O) groups excluding carboxylic acids is 4. The Morgan fingerprint density at radius 2 is 1.81 bits per heavy atom. The summed E-state index contributed by atoms with van der Waals surface area (Å²) >= 11 is 0. The van der Waals surface area contributed by atoms with Crippen molar-refractivity contribution in [2.75, 3.05) is 45.2 Å². The summed E-state index contributed by atoms with van der Waals surface area (Å²) in [5.41, 5.74) is 6.43. The van der Waals surface area contributed by atoms with Gasteiger partial charge in [-0.2, -0.15) is 0 Å². The molecule has 1 atom stereocenters. The number of benzene rings is 1. The fraction of sp³-hybridized carbons (Fsp3) is 0.542. The van der Waals surface area contributed by atoms with E-state index < -0.39 is 29.7 Å². The normalized spacial score (nSPS) is 15.9. The number of nitrogens with two attached hydrogens (primary N) is 1. The molecular weight excluding hydrogens is 482 g/mol. The lowest BCUT2D eigenvalue weighted by Gasteiger charge is -2.19. The molecular formula is C24H37N7O6. The molecule has 0 bridgehead atoms. The molecule has 1 heterocycles. The van der Waals surface area contributed by atoms with Gasteiger partial charge in [0.1, 0.15) is 11.6 Å². The Labute approximate surface area is 216 Å². The van der Waals surface area contributed by atoms with Gasteiger partial charge in [0.2, 0.25) is 5.91 Å². The average molecular weight is 520 g/mol. The summed E-state index contributed by atoms with van der Waals surface area (Å²) in [5, 5.41) is 11.4. The van der Waals surface area contributed by atoms with Crippen molar-refractivity contribution in [3.05, 3.63) is 29.8 Å². The second-order valence-corrected chi connectivity index (χ2v) is 9.70. The number of anilines is 1. The minimum atomic E-state index is -0.712. The van der Waals surface area contributed by atoms with Gasteiger partial charge in [0.25, 0.3) is 0 Å². The van der Waals surface area contributed by atoms with Crippen molar-refractivity contribution >= 4 is 35.5 Å². The van der Waals surface area contributed by atoms with Gasteiger partial charge in [0.05, 0.1) is 6.42 Å². The molecule has 0 radical (unpaired) electrons. The Bertz CT molecular complexity index is 988. The number of likely N-dealkylation sites (N-methyl/N-ethyl adjacent to an activating group) is 1. The first kappa shape index (κ1) is 29.4. The number of nitrogens with one attached hydrogen (secondary N) is 3. The van der Waals surface area contributed by atoms with E-state index in [1.165, 1.54) is 0 Å². The summed E-state index contributed by atoms with van der Waals surface area (Å²) < 4.78 is 5.19. The number of esters is 1. The highest BCUT2D eigenvalue weighted by Gasteiger charge is 2.33. The molecule has 0 aliphatic carbocycles. The summed E-state index contributed by atoms with van der Waals surface area (Å²) in [5.74, 6) is -0.668. The molecule has 0 saturated carbocycles. The maximum atomic E-state index is 12.8. The first-order valence-corrected chi connectivity index (χ1v) is 12.0. The third-order valence-electron chi connectivity index (χ3n) is 5.08. The molecule has 2 rings (SSSR count). The van der Waals surface area contributed by atoms with Crippen molar-refractivity contribution in [2.24, 2.45) is 10.9 Å². The first-order valence-electron chi connectivity index (χ1n) is 12.0. The number of amides is 4. The smallest absolute Gasteiger partial charge is 0.433 e. The molecule has 13 nitrogen and oxygen atoms in total. The summed E-state index contributed by atoms with van der Waals surface area (Å²) in [7, 11) is 3.76. The zero-order valence-corrected chi connectivity index (χ0v) is 22.0. The standard InChI is InChI=1S/C24H37N7O6/c1-24(2,3)36-19(32)10-12-26-22(34)28-18-11-14-31(21(18)33)17-8-6-16(7-9-17)20(25)29-37-23(35)27-13-15-30(4)5/h6-9,18H,10-15H2,1-5H3,(H2,25,29)(H,27,35)(H2,26,28,34)/t18-/m0/s1. The van der Waals surface area contributed by atoms with Gasteiger partial charge in [-0.25, -0.2) is 9.59 Å². The molecule has 1 aromatic carbocycles. The van der Waals surface area contributed by atoms with Crippen LogP contribution in [-0.4, -0.2) is 86.7 Å². The number of hydrogen-bond donors (Lipinski definition) is 4. The van der Waals surface area contributed by atoms with E-state index in [1.54, 1.807) is 49.9 Å². The summed E-state index contributed by atoms with van der Waals surface area (Å²) in [6.45, 7) is 6.87. The lowest BCUT2D eigenvalue weighted by atomic mass is 10.2. The maximum Gasteiger partial charge on any atom is 0.433 e. The van der Waals surface area contributed by atoms with E-state index in [4.69, 9.17) is 15.3 Å². The monoisotopic (exact) mass is 519 g/mol. The van der Waals surface area contributed by atoms with Gasteiger partial charge in [0.15, 0.2) is 5.84 Å². The molecule has 5 N–H and O–H groups in total. The van der Waals surface area contributed by atoms with E-state index in [2.05, 4.69) is 21.1 Å². The molecule has 4 amide bonds. The van der Waals surface area contributed by atoms with Crippen molar-refractivity contribution in [1.29, 1.82) is 0 Å². The molecule has 1 fully saturated rings. The van der Waals surface area contributed by atoms with E-state index in [-0.39, 0.29) is 24.7 Å². The molecule has 37 heavy (non-hydrogen) atoms. The number of carbonyl (C=O) groups is 4. The quantitative estimate of drug-likeness (QED) is 0.115. The zero-order chi connectivity index (χ0) is 27.6. The zero-order valence-electron chi connectivity index (χ0n) is 22.0. The molecule has 204 valence electrons. The van der Waals surface area contributed by atoms with Gasteiger partial charge in [-0.1, -0.05) is 5.16 Å². The molecule has 13 heteroatoms. The van der Waals surface area contributed by atoms with Crippen LogP contribution in [-0.2, 0) is 19.2 Å². The molecule has 0 spiro atoms. The molecule has 1 aliphatic rings. The summed E-state index contributed by atoms with van der Waals surface area (Å²) in [6.07, 6.45) is -0.252. The van der Waals surface area contributed by atoms with Gasteiger partial charge >= 0.3 is 18.1 Å². The predicted octanol–water partition coefficient (Wildman–Crippen LogP) is 0.731. The van der Waals surface area contributed by atoms with E-state index >= 15 is 0 Å². The van der Waals surface area contributed by atoms with Gasteiger partial charge in [-0.15, -0.1) is 0 Å². The Kier molecular flexibility index (Phi) is 10.7. The van der Waals surface area contributed by atoms with Crippen LogP contribution < -0.4 is 26.6 Å².